The van der Waals surface area contributed by atoms with Crippen molar-refractivity contribution in [3.8, 4) is 0 Å². The number of thiophene rings is 1. The summed E-state index contributed by atoms with van der Waals surface area (Å²) in [6.07, 6.45) is 7.06. The predicted molar refractivity (Wildman–Crippen MR) is 80.1 cm³/mol. The van der Waals surface area contributed by atoms with Crippen LogP contribution in [0, 0.1) is 0 Å². The maximum Gasteiger partial charge on any atom is 0.0328 e. The van der Waals surface area contributed by atoms with E-state index in [1.807, 2.05) is 11.3 Å². The van der Waals surface area contributed by atoms with Gasteiger partial charge >= 0.3 is 0 Å². The van der Waals surface area contributed by atoms with Crippen LogP contribution in [0.2, 0.25) is 0 Å². The van der Waals surface area contributed by atoms with Crippen LogP contribution in [0.25, 0.3) is 0 Å². The Labute approximate surface area is 115 Å². The van der Waals surface area contributed by atoms with Crippen molar-refractivity contribution in [2.24, 2.45) is 0 Å². The zero-order valence-corrected chi connectivity index (χ0v) is 12.4. The number of nitrogens with zero attached hydrogens (tertiary/aromatic N) is 1. The Kier molecular flexibility index (Phi) is 6.18. The Morgan fingerprint density at radius 1 is 1.06 bits per heavy atom. The van der Waals surface area contributed by atoms with E-state index in [1.165, 1.54) is 54.9 Å². The summed E-state index contributed by atoms with van der Waals surface area (Å²) in [5.41, 5.74) is 0. The molecule has 0 unspecified atom stereocenters. The quantitative estimate of drug-likeness (QED) is 0.875. The van der Waals surface area contributed by atoms with Crippen LogP contribution >= 0.6 is 11.3 Å². The van der Waals surface area contributed by atoms with Gasteiger partial charge in [-0.2, -0.15) is 0 Å². The van der Waals surface area contributed by atoms with E-state index in [4.69, 9.17) is 0 Å². The van der Waals surface area contributed by atoms with Crippen molar-refractivity contribution in [3.05, 3.63) is 21.9 Å². The monoisotopic (exact) mass is 266 g/mol. The second-order valence-electron chi connectivity index (χ2n) is 5.19. The summed E-state index contributed by atoms with van der Waals surface area (Å²) in [5, 5.41) is 3.40. The summed E-state index contributed by atoms with van der Waals surface area (Å²) in [7, 11) is 0. The first-order valence-electron chi connectivity index (χ1n) is 7.39. The van der Waals surface area contributed by atoms with E-state index < -0.39 is 0 Å². The van der Waals surface area contributed by atoms with Gasteiger partial charge in [0.1, 0.15) is 0 Å². The molecule has 3 heteroatoms. The molecule has 18 heavy (non-hydrogen) atoms. The predicted octanol–water partition coefficient (Wildman–Crippen LogP) is 3.62. The van der Waals surface area contributed by atoms with Crippen LogP contribution in [-0.2, 0) is 13.1 Å². The molecule has 0 aromatic carbocycles. The standard InChI is InChI=1S/C15H26N2S/c1-2-16-12-14-8-9-15(18-14)13-17-10-6-4-3-5-7-11-17/h8-9,16H,2-7,10-13H2,1H3. The van der Waals surface area contributed by atoms with E-state index in [0.29, 0.717) is 0 Å². The van der Waals surface area contributed by atoms with Gasteiger partial charge in [0.25, 0.3) is 0 Å². The third-order valence-electron chi connectivity index (χ3n) is 3.59. The third kappa shape index (κ3) is 4.71. The van der Waals surface area contributed by atoms with Gasteiger partial charge in [-0.1, -0.05) is 26.2 Å². The highest BCUT2D eigenvalue weighted by Crippen LogP contribution is 2.20. The lowest BCUT2D eigenvalue weighted by Crippen LogP contribution is -2.26. The van der Waals surface area contributed by atoms with Gasteiger partial charge in [0.2, 0.25) is 0 Å². The molecule has 2 rings (SSSR count). The highest BCUT2D eigenvalue weighted by Gasteiger charge is 2.10. The van der Waals surface area contributed by atoms with Gasteiger partial charge in [0.05, 0.1) is 0 Å². The molecular formula is C15H26N2S. The number of hydrogen-bond acceptors (Lipinski definition) is 3. The van der Waals surface area contributed by atoms with Crippen molar-refractivity contribution in [1.82, 2.24) is 10.2 Å². The van der Waals surface area contributed by atoms with Crippen LogP contribution in [0.4, 0.5) is 0 Å². The third-order valence-corrected chi connectivity index (χ3v) is 4.66. The summed E-state index contributed by atoms with van der Waals surface area (Å²) < 4.78 is 0. The minimum atomic E-state index is 1.03. The lowest BCUT2D eigenvalue weighted by molar-refractivity contribution is 0.241. The summed E-state index contributed by atoms with van der Waals surface area (Å²) in [4.78, 5) is 5.64. The fourth-order valence-electron chi connectivity index (χ4n) is 2.54. The van der Waals surface area contributed by atoms with Crippen LogP contribution in [-0.4, -0.2) is 24.5 Å². The Bertz CT molecular complexity index is 327. The number of rotatable bonds is 5. The van der Waals surface area contributed by atoms with Gasteiger partial charge in [-0.25, -0.2) is 0 Å². The number of likely N-dealkylation sites (tertiary alicyclic amines) is 1. The van der Waals surface area contributed by atoms with Gasteiger partial charge in [-0.15, -0.1) is 11.3 Å². The molecule has 1 saturated heterocycles. The zero-order chi connectivity index (χ0) is 12.6. The van der Waals surface area contributed by atoms with Crippen LogP contribution < -0.4 is 5.32 Å². The molecule has 2 heterocycles. The first-order chi connectivity index (χ1) is 8.88. The largest absolute Gasteiger partial charge is 0.312 e. The normalized spacial score (nSPS) is 18.5. The Balaban J connectivity index is 1.81. The zero-order valence-electron chi connectivity index (χ0n) is 11.6. The molecule has 0 spiro atoms. The van der Waals surface area contributed by atoms with Gasteiger partial charge in [0.15, 0.2) is 0 Å². The fourth-order valence-corrected chi connectivity index (χ4v) is 3.57. The number of nitrogens with one attached hydrogen (secondary N) is 1. The highest BCUT2D eigenvalue weighted by molar-refractivity contribution is 7.11. The maximum atomic E-state index is 3.40. The van der Waals surface area contributed by atoms with E-state index >= 15 is 0 Å². The van der Waals surface area contributed by atoms with Gasteiger partial charge < -0.3 is 5.32 Å². The minimum Gasteiger partial charge on any atom is -0.312 e. The summed E-state index contributed by atoms with van der Waals surface area (Å²) in [5.74, 6) is 0. The van der Waals surface area contributed by atoms with Crippen LogP contribution in [0.5, 0.6) is 0 Å². The summed E-state index contributed by atoms with van der Waals surface area (Å²) in [6.45, 7) is 7.99. The SMILES string of the molecule is CCNCc1ccc(CN2CCCCCCC2)s1. The first kappa shape index (κ1) is 14.0. The topological polar surface area (TPSA) is 15.3 Å². The van der Waals surface area contributed by atoms with E-state index in [-0.39, 0.29) is 0 Å². The van der Waals surface area contributed by atoms with Crippen molar-refractivity contribution in [2.45, 2.75) is 52.1 Å². The lowest BCUT2D eigenvalue weighted by Gasteiger charge is -2.23. The second kappa shape index (κ2) is 7.93. The van der Waals surface area contributed by atoms with Crippen molar-refractivity contribution in [2.75, 3.05) is 19.6 Å². The maximum absolute atomic E-state index is 3.40. The Morgan fingerprint density at radius 2 is 1.72 bits per heavy atom. The van der Waals surface area contributed by atoms with Gasteiger partial charge in [-0.05, 0) is 44.6 Å². The highest BCUT2D eigenvalue weighted by atomic mass is 32.1. The molecule has 0 radical (unpaired) electrons. The molecule has 102 valence electrons. The first-order valence-corrected chi connectivity index (χ1v) is 8.21. The Morgan fingerprint density at radius 3 is 2.44 bits per heavy atom. The molecular weight excluding hydrogens is 240 g/mol. The molecule has 0 amide bonds. The average Bonchev–Trinajstić information content (AvgIpc) is 2.77. The van der Waals surface area contributed by atoms with Crippen LogP contribution in [0.15, 0.2) is 12.1 Å². The smallest absolute Gasteiger partial charge is 0.0328 e. The molecule has 0 aliphatic carbocycles. The molecule has 1 fully saturated rings. The van der Waals surface area contributed by atoms with E-state index in [1.54, 1.807) is 0 Å². The second-order valence-corrected chi connectivity index (χ2v) is 6.45. The average molecular weight is 266 g/mol. The van der Waals surface area contributed by atoms with Crippen LogP contribution in [0.3, 0.4) is 0 Å². The minimum absolute atomic E-state index is 1.03. The molecule has 0 bridgehead atoms. The van der Waals surface area contributed by atoms with E-state index in [0.717, 1.165) is 19.6 Å². The van der Waals surface area contributed by atoms with E-state index in [2.05, 4.69) is 29.3 Å². The van der Waals surface area contributed by atoms with Crippen molar-refractivity contribution in [1.29, 1.82) is 0 Å². The summed E-state index contributed by atoms with van der Waals surface area (Å²) in [6, 6.07) is 4.60. The van der Waals surface area contributed by atoms with Crippen molar-refractivity contribution < 1.29 is 0 Å². The molecule has 1 aromatic rings. The molecule has 2 nitrogen and oxygen atoms in total. The Hall–Kier alpha value is -0.380. The molecule has 1 aliphatic rings. The molecule has 1 N–H and O–H groups in total. The molecule has 1 aromatic heterocycles. The summed E-state index contributed by atoms with van der Waals surface area (Å²) >= 11 is 1.97. The van der Waals surface area contributed by atoms with Crippen LogP contribution in [0.1, 0.15) is 48.8 Å². The van der Waals surface area contributed by atoms with E-state index in [9.17, 15) is 0 Å². The molecule has 0 saturated carbocycles. The van der Waals surface area contributed by atoms with Crippen molar-refractivity contribution >= 4 is 11.3 Å². The van der Waals surface area contributed by atoms with Gasteiger partial charge in [0, 0.05) is 22.8 Å². The number of hydrogen-bond donors (Lipinski definition) is 1. The van der Waals surface area contributed by atoms with Crippen molar-refractivity contribution in [3.63, 3.8) is 0 Å². The molecule has 1 aliphatic heterocycles. The van der Waals surface area contributed by atoms with Gasteiger partial charge in [-0.3, -0.25) is 4.90 Å². The fraction of sp³-hybridized carbons (Fsp3) is 0.733. The molecule has 0 atom stereocenters. The lowest BCUT2D eigenvalue weighted by atomic mass is 10.1.